The Morgan fingerprint density at radius 2 is 1.63 bits per heavy atom. The van der Waals surface area contributed by atoms with Gasteiger partial charge in [-0.25, -0.2) is 9.97 Å². The minimum Gasteiger partial charge on any atom is -0.370 e. The summed E-state index contributed by atoms with van der Waals surface area (Å²) < 4.78 is 0. The lowest BCUT2D eigenvalue weighted by Gasteiger charge is -2.19. The lowest BCUT2D eigenvalue weighted by molar-refractivity contribution is 0.300. The second-order valence-electron chi connectivity index (χ2n) is 4.58. The van der Waals surface area contributed by atoms with Crippen molar-refractivity contribution >= 4 is 11.6 Å². The third kappa shape index (κ3) is 6.38. The normalized spacial score (nSPS) is 10.7. The van der Waals surface area contributed by atoms with Crippen LogP contribution >= 0.6 is 0 Å². The molecule has 0 amide bonds. The van der Waals surface area contributed by atoms with Gasteiger partial charge in [0, 0.05) is 25.7 Å². The Morgan fingerprint density at radius 1 is 0.947 bits per heavy atom. The molecule has 0 radical (unpaired) electrons. The number of likely N-dealkylation sites (N-methyl/N-ethyl adjacent to an activating group) is 1. The van der Waals surface area contributed by atoms with Gasteiger partial charge in [-0.1, -0.05) is 20.8 Å². The van der Waals surface area contributed by atoms with E-state index in [2.05, 4.69) is 46.3 Å². The fraction of sp³-hybridized carbons (Fsp3) is 0.714. The Morgan fingerprint density at radius 3 is 2.21 bits per heavy atom. The van der Waals surface area contributed by atoms with Gasteiger partial charge in [0.2, 0.25) is 0 Å². The monoisotopic (exact) mass is 265 g/mol. The van der Waals surface area contributed by atoms with Crippen LogP contribution < -0.4 is 10.6 Å². The first-order valence-electron chi connectivity index (χ1n) is 7.32. The molecule has 1 rings (SSSR count). The number of anilines is 2. The number of rotatable bonds is 10. The smallest absolute Gasteiger partial charge is 0.131 e. The molecule has 19 heavy (non-hydrogen) atoms. The summed E-state index contributed by atoms with van der Waals surface area (Å²) in [6.07, 6.45) is 3.89. The van der Waals surface area contributed by atoms with E-state index < -0.39 is 0 Å². The molecule has 0 aromatic carbocycles. The highest BCUT2D eigenvalue weighted by molar-refractivity contribution is 5.46. The molecule has 0 aliphatic heterocycles. The van der Waals surface area contributed by atoms with Crippen LogP contribution in [0.2, 0.25) is 0 Å². The third-order valence-electron chi connectivity index (χ3n) is 2.94. The Hall–Kier alpha value is -1.36. The number of hydrogen-bond acceptors (Lipinski definition) is 5. The third-order valence-corrected chi connectivity index (χ3v) is 2.94. The van der Waals surface area contributed by atoms with Crippen LogP contribution in [0.5, 0.6) is 0 Å². The Bertz CT molecular complexity index is 342. The van der Waals surface area contributed by atoms with Crippen molar-refractivity contribution in [2.45, 2.75) is 33.6 Å². The van der Waals surface area contributed by atoms with E-state index in [1.54, 1.807) is 6.33 Å². The van der Waals surface area contributed by atoms with E-state index in [1.165, 1.54) is 6.42 Å². The van der Waals surface area contributed by atoms with Gasteiger partial charge in [-0.2, -0.15) is 0 Å². The van der Waals surface area contributed by atoms with E-state index in [9.17, 15) is 0 Å². The lowest BCUT2D eigenvalue weighted by Crippen LogP contribution is -2.29. The molecule has 0 saturated carbocycles. The molecule has 108 valence electrons. The maximum Gasteiger partial charge on any atom is 0.131 e. The number of nitrogens with one attached hydrogen (secondary N) is 2. The molecule has 2 N–H and O–H groups in total. The zero-order valence-electron chi connectivity index (χ0n) is 12.4. The van der Waals surface area contributed by atoms with Gasteiger partial charge in [-0.3, -0.25) is 0 Å². The van der Waals surface area contributed by atoms with E-state index in [-0.39, 0.29) is 0 Å². The molecule has 1 aromatic heterocycles. The second-order valence-corrected chi connectivity index (χ2v) is 4.58. The van der Waals surface area contributed by atoms with Crippen molar-refractivity contribution in [3.05, 3.63) is 12.4 Å². The molecule has 0 fully saturated rings. The van der Waals surface area contributed by atoms with Crippen LogP contribution in [0.3, 0.4) is 0 Å². The molecule has 0 atom stereocenters. The van der Waals surface area contributed by atoms with Crippen molar-refractivity contribution in [1.82, 2.24) is 14.9 Å². The molecule has 5 nitrogen and oxygen atoms in total. The Kier molecular flexibility index (Phi) is 7.89. The van der Waals surface area contributed by atoms with Crippen molar-refractivity contribution in [2.75, 3.05) is 43.4 Å². The topological polar surface area (TPSA) is 53.1 Å². The van der Waals surface area contributed by atoms with Gasteiger partial charge in [-0.05, 0) is 25.9 Å². The van der Waals surface area contributed by atoms with Crippen molar-refractivity contribution in [3.63, 3.8) is 0 Å². The summed E-state index contributed by atoms with van der Waals surface area (Å²) in [6.45, 7) is 11.7. The summed E-state index contributed by atoms with van der Waals surface area (Å²) in [5.41, 5.74) is 0. The van der Waals surface area contributed by atoms with Gasteiger partial charge in [0.05, 0.1) is 0 Å². The molecule has 5 heteroatoms. The lowest BCUT2D eigenvalue weighted by atomic mass is 10.4. The van der Waals surface area contributed by atoms with E-state index in [4.69, 9.17) is 0 Å². The molecule has 0 unspecified atom stereocenters. The van der Waals surface area contributed by atoms with E-state index in [1.807, 2.05) is 6.07 Å². The molecule has 0 spiro atoms. The quantitative estimate of drug-likeness (QED) is 0.680. The minimum absolute atomic E-state index is 0.889. The van der Waals surface area contributed by atoms with Crippen molar-refractivity contribution in [1.29, 1.82) is 0 Å². The van der Waals surface area contributed by atoms with Crippen LogP contribution in [0.4, 0.5) is 11.6 Å². The van der Waals surface area contributed by atoms with Gasteiger partial charge in [0.1, 0.15) is 18.0 Å². The van der Waals surface area contributed by atoms with E-state index >= 15 is 0 Å². The molecular formula is C14H27N5. The Balaban J connectivity index is 2.35. The summed E-state index contributed by atoms with van der Waals surface area (Å²) in [4.78, 5) is 10.9. The first-order chi connectivity index (χ1) is 9.30. The summed E-state index contributed by atoms with van der Waals surface area (Å²) >= 11 is 0. The standard InChI is InChI=1S/C14H27N5/c1-4-7-15-13-11-14(18-12-17-13)16-8-10-19(6-3)9-5-2/h11-12H,4-10H2,1-3H3,(H2,15,16,17,18). The van der Waals surface area contributed by atoms with Crippen LogP contribution in [0.15, 0.2) is 12.4 Å². The zero-order chi connectivity index (χ0) is 13.9. The van der Waals surface area contributed by atoms with Crippen molar-refractivity contribution in [3.8, 4) is 0 Å². The molecule has 1 heterocycles. The minimum atomic E-state index is 0.889. The SMILES string of the molecule is CCCNc1cc(NCCN(CC)CCC)ncn1. The molecule has 0 aliphatic rings. The first kappa shape index (κ1) is 15.7. The van der Waals surface area contributed by atoms with Gasteiger partial charge in [-0.15, -0.1) is 0 Å². The molecule has 0 aliphatic carbocycles. The van der Waals surface area contributed by atoms with E-state index in [0.29, 0.717) is 0 Å². The Labute approximate surface area is 116 Å². The van der Waals surface area contributed by atoms with Crippen LogP contribution in [0, 0.1) is 0 Å². The molecular weight excluding hydrogens is 238 g/mol. The molecule has 0 saturated heterocycles. The predicted octanol–water partition coefficient (Wildman–Crippen LogP) is 2.44. The van der Waals surface area contributed by atoms with Gasteiger partial charge < -0.3 is 15.5 Å². The van der Waals surface area contributed by atoms with Gasteiger partial charge in [0.15, 0.2) is 0 Å². The highest BCUT2D eigenvalue weighted by Gasteiger charge is 2.01. The highest BCUT2D eigenvalue weighted by Crippen LogP contribution is 2.08. The number of nitrogens with zero attached hydrogens (tertiary/aromatic N) is 3. The summed E-state index contributed by atoms with van der Waals surface area (Å²) in [7, 11) is 0. The van der Waals surface area contributed by atoms with E-state index in [0.717, 1.165) is 50.8 Å². The highest BCUT2D eigenvalue weighted by atomic mass is 15.1. The fourth-order valence-corrected chi connectivity index (χ4v) is 1.89. The van der Waals surface area contributed by atoms with Gasteiger partial charge in [0.25, 0.3) is 0 Å². The average molecular weight is 265 g/mol. The van der Waals surface area contributed by atoms with Crippen molar-refractivity contribution in [2.24, 2.45) is 0 Å². The van der Waals surface area contributed by atoms with Gasteiger partial charge >= 0.3 is 0 Å². The van der Waals surface area contributed by atoms with Crippen LogP contribution in [-0.4, -0.2) is 47.6 Å². The average Bonchev–Trinajstić information content (AvgIpc) is 2.44. The second kappa shape index (κ2) is 9.55. The maximum absolute atomic E-state index is 4.24. The zero-order valence-corrected chi connectivity index (χ0v) is 12.4. The molecule has 0 bridgehead atoms. The van der Waals surface area contributed by atoms with Crippen LogP contribution in [0.1, 0.15) is 33.6 Å². The fourth-order valence-electron chi connectivity index (χ4n) is 1.89. The largest absolute Gasteiger partial charge is 0.370 e. The molecule has 1 aromatic rings. The summed E-state index contributed by atoms with van der Waals surface area (Å²) in [5.74, 6) is 1.78. The van der Waals surface area contributed by atoms with Crippen LogP contribution in [0.25, 0.3) is 0 Å². The summed E-state index contributed by atoms with van der Waals surface area (Å²) in [5, 5.41) is 6.62. The number of aromatic nitrogens is 2. The maximum atomic E-state index is 4.24. The van der Waals surface area contributed by atoms with Crippen LogP contribution in [-0.2, 0) is 0 Å². The summed E-state index contributed by atoms with van der Waals surface area (Å²) in [6, 6.07) is 1.96. The predicted molar refractivity (Wildman–Crippen MR) is 81.7 cm³/mol. The van der Waals surface area contributed by atoms with Crippen molar-refractivity contribution < 1.29 is 0 Å². The first-order valence-corrected chi connectivity index (χ1v) is 7.32. The number of hydrogen-bond donors (Lipinski definition) is 2.